The number of halogens is 2. The van der Waals surface area contributed by atoms with Crippen molar-refractivity contribution in [1.29, 1.82) is 0 Å². The molecule has 4 heterocycles. The Labute approximate surface area is 248 Å². The van der Waals surface area contributed by atoms with Crippen LogP contribution in [0.25, 0.3) is 11.1 Å². The van der Waals surface area contributed by atoms with Crippen LogP contribution in [0.15, 0.2) is 78.2 Å². The van der Waals surface area contributed by atoms with Gasteiger partial charge in [0.15, 0.2) is 5.03 Å². The summed E-state index contributed by atoms with van der Waals surface area (Å²) >= 11 is 12.6. The van der Waals surface area contributed by atoms with Crippen LogP contribution in [0, 0.1) is 0 Å². The Bertz CT molecular complexity index is 1700. The number of sulfonamides is 1. The molecule has 1 N–H and O–H groups in total. The maximum Gasteiger partial charge on any atom is 0.260 e. The van der Waals surface area contributed by atoms with Crippen molar-refractivity contribution in [3.05, 3.63) is 88.8 Å². The molecule has 0 spiro atoms. The average molecular weight is 613 g/mol. The maximum absolute atomic E-state index is 14.3. The molecule has 1 atom stereocenters. The van der Waals surface area contributed by atoms with Crippen molar-refractivity contribution < 1.29 is 18.3 Å². The van der Waals surface area contributed by atoms with Crippen LogP contribution >= 0.6 is 23.2 Å². The third-order valence-electron chi connectivity index (χ3n) is 7.70. The van der Waals surface area contributed by atoms with Gasteiger partial charge in [-0.25, -0.2) is 18.3 Å². The third kappa shape index (κ3) is 4.93. The summed E-state index contributed by atoms with van der Waals surface area (Å²) in [4.78, 5) is 24.3. The number of amides is 1. The number of hydrogen-bond acceptors (Lipinski definition) is 6. The van der Waals surface area contributed by atoms with Gasteiger partial charge in [-0.3, -0.25) is 14.3 Å². The first-order chi connectivity index (χ1) is 19.6. The highest BCUT2D eigenvalue weighted by Gasteiger charge is 2.52. The molecule has 2 aliphatic heterocycles. The van der Waals surface area contributed by atoms with Crippen molar-refractivity contribution in [2.75, 3.05) is 18.0 Å². The molecular weight excluding hydrogens is 585 g/mol. The van der Waals surface area contributed by atoms with Crippen molar-refractivity contribution >= 4 is 50.8 Å². The van der Waals surface area contributed by atoms with Crippen molar-refractivity contribution in [3.8, 4) is 11.1 Å². The molecule has 6 rings (SSSR count). The van der Waals surface area contributed by atoms with Crippen LogP contribution in [0.1, 0.15) is 25.3 Å². The summed E-state index contributed by atoms with van der Waals surface area (Å²) in [7, 11) is -4.03. The van der Waals surface area contributed by atoms with Crippen LogP contribution in [-0.2, 0) is 26.8 Å². The fourth-order valence-electron chi connectivity index (χ4n) is 5.57. The number of aliphatic hydroxyl groups excluding tert-OH is 1. The number of rotatable bonds is 6. The minimum Gasteiger partial charge on any atom is -0.393 e. The molecule has 1 amide bonds. The van der Waals surface area contributed by atoms with E-state index < -0.39 is 21.7 Å². The molecule has 2 aromatic carbocycles. The zero-order valence-corrected chi connectivity index (χ0v) is 24.4. The second kappa shape index (κ2) is 10.5. The lowest BCUT2D eigenvalue weighted by Gasteiger charge is -2.31. The summed E-state index contributed by atoms with van der Waals surface area (Å²) in [5.74, 6) is -0.195. The average Bonchev–Trinajstić information content (AvgIpc) is 3.48. The van der Waals surface area contributed by atoms with E-state index in [0.29, 0.717) is 28.6 Å². The van der Waals surface area contributed by atoms with Gasteiger partial charge in [-0.15, -0.1) is 0 Å². The number of nitrogens with zero attached hydrogens (tertiary/aromatic N) is 5. The zero-order valence-electron chi connectivity index (χ0n) is 22.1. The molecule has 0 saturated carbocycles. The number of hydrogen-bond donors (Lipinski definition) is 1. The number of piperidine rings is 1. The van der Waals surface area contributed by atoms with Gasteiger partial charge in [0, 0.05) is 41.9 Å². The van der Waals surface area contributed by atoms with E-state index in [1.165, 1.54) is 20.0 Å². The van der Waals surface area contributed by atoms with Crippen molar-refractivity contribution in [2.24, 2.45) is 0 Å². The monoisotopic (exact) mass is 611 g/mol. The number of anilines is 2. The Morgan fingerprint density at radius 1 is 1.00 bits per heavy atom. The molecule has 2 aliphatic rings. The normalized spacial score (nSPS) is 20.0. The van der Waals surface area contributed by atoms with E-state index in [0.717, 1.165) is 16.7 Å². The van der Waals surface area contributed by atoms with E-state index in [4.69, 9.17) is 23.2 Å². The summed E-state index contributed by atoms with van der Waals surface area (Å²) in [6.07, 6.45) is 5.13. The fraction of sp³-hybridized carbons (Fsp3) is 0.276. The van der Waals surface area contributed by atoms with Gasteiger partial charge in [-0.1, -0.05) is 53.5 Å². The van der Waals surface area contributed by atoms with E-state index in [1.807, 2.05) is 36.4 Å². The van der Waals surface area contributed by atoms with Crippen LogP contribution in [0.2, 0.25) is 10.0 Å². The molecule has 9 nitrogen and oxygen atoms in total. The number of carbonyl (C=O) groups is 1. The Morgan fingerprint density at radius 3 is 2.32 bits per heavy atom. The minimum absolute atomic E-state index is 0.0812. The SMILES string of the molecule is CC1(Cc2ccc(-c3cccnc3)cc2)C(=O)N(c2cc(Cl)cc(Cl)c2)c2ncc(S(=O)(=O)N3CCC(O)CC3)n21. The first-order valence-electron chi connectivity index (χ1n) is 13.1. The maximum atomic E-state index is 14.3. The van der Waals surface area contributed by atoms with E-state index in [-0.39, 0.29) is 36.4 Å². The van der Waals surface area contributed by atoms with E-state index in [9.17, 15) is 18.3 Å². The summed E-state index contributed by atoms with van der Waals surface area (Å²) in [5, 5.41) is 10.5. The zero-order chi connectivity index (χ0) is 28.9. The topological polar surface area (TPSA) is 109 Å². The predicted octanol–water partition coefficient (Wildman–Crippen LogP) is 5.03. The quantitative estimate of drug-likeness (QED) is 0.327. The first-order valence-corrected chi connectivity index (χ1v) is 15.3. The molecule has 212 valence electrons. The molecule has 4 aromatic rings. The molecule has 0 aliphatic carbocycles. The summed E-state index contributed by atoms with van der Waals surface area (Å²) < 4.78 is 30.7. The van der Waals surface area contributed by atoms with Gasteiger partial charge in [0.05, 0.1) is 18.0 Å². The smallest absolute Gasteiger partial charge is 0.260 e. The Balaban J connectivity index is 1.44. The number of pyridine rings is 1. The standard InChI is InChI=1S/C29H27Cl2N5O4S/c1-29(16-19-4-6-20(7-5-19)21-3-2-10-32-17-21)27(38)35(24-14-22(30)13-23(31)15-24)28-33-18-26(36(28)29)41(39,40)34-11-8-25(37)9-12-34/h2-7,10,13-15,17-18,25,37H,8-9,11-12,16H2,1H3. The number of imidazole rings is 1. The van der Waals surface area contributed by atoms with Gasteiger partial charge >= 0.3 is 0 Å². The number of aliphatic hydroxyl groups is 1. The molecule has 0 radical (unpaired) electrons. The van der Waals surface area contributed by atoms with Crippen LogP contribution < -0.4 is 4.90 Å². The lowest BCUT2D eigenvalue weighted by atomic mass is 9.91. The highest BCUT2D eigenvalue weighted by atomic mass is 35.5. The Hall–Kier alpha value is -3.28. The number of aromatic nitrogens is 3. The van der Waals surface area contributed by atoms with Crippen molar-refractivity contribution in [1.82, 2.24) is 18.8 Å². The molecule has 0 bridgehead atoms. The van der Waals surface area contributed by atoms with Gasteiger partial charge < -0.3 is 5.11 Å². The number of fused-ring (bicyclic) bond motifs is 1. The Kier molecular flexibility index (Phi) is 7.15. The first kappa shape index (κ1) is 27.9. The third-order valence-corrected chi connectivity index (χ3v) is 10.00. The Morgan fingerprint density at radius 2 is 1.68 bits per heavy atom. The highest BCUT2D eigenvalue weighted by molar-refractivity contribution is 7.89. The van der Waals surface area contributed by atoms with Crippen LogP contribution in [0.4, 0.5) is 11.6 Å². The molecule has 12 heteroatoms. The van der Waals surface area contributed by atoms with Crippen molar-refractivity contribution in [3.63, 3.8) is 0 Å². The summed E-state index contributed by atoms with van der Waals surface area (Å²) in [6.45, 7) is 2.08. The molecule has 1 saturated heterocycles. The van der Waals surface area contributed by atoms with Crippen LogP contribution in [-0.4, -0.2) is 57.5 Å². The minimum atomic E-state index is -4.03. The number of carbonyl (C=O) groups excluding carboxylic acids is 1. The van der Waals surface area contributed by atoms with Gasteiger partial charge in [0.1, 0.15) is 5.54 Å². The second-order valence-corrected chi connectivity index (χ2v) is 13.3. The largest absolute Gasteiger partial charge is 0.393 e. The van der Waals surface area contributed by atoms with Crippen LogP contribution in [0.3, 0.4) is 0 Å². The predicted molar refractivity (Wildman–Crippen MR) is 157 cm³/mol. The molecular formula is C29H27Cl2N5O4S. The van der Waals surface area contributed by atoms with Gasteiger partial charge in [0.25, 0.3) is 15.9 Å². The summed E-state index contributed by atoms with van der Waals surface area (Å²) in [6, 6.07) is 16.3. The second-order valence-electron chi connectivity index (χ2n) is 10.5. The number of benzene rings is 2. The molecule has 41 heavy (non-hydrogen) atoms. The lowest BCUT2D eigenvalue weighted by molar-refractivity contribution is -0.124. The van der Waals surface area contributed by atoms with Gasteiger partial charge in [0.2, 0.25) is 5.95 Å². The van der Waals surface area contributed by atoms with E-state index in [2.05, 4.69) is 9.97 Å². The molecule has 1 unspecified atom stereocenters. The molecule has 1 fully saturated rings. The van der Waals surface area contributed by atoms with E-state index in [1.54, 1.807) is 37.5 Å². The summed E-state index contributed by atoms with van der Waals surface area (Å²) in [5.41, 5.74) is 1.82. The van der Waals surface area contributed by atoms with E-state index >= 15 is 0 Å². The molecule has 2 aromatic heterocycles. The van der Waals surface area contributed by atoms with Crippen LogP contribution in [0.5, 0.6) is 0 Å². The lowest BCUT2D eigenvalue weighted by Crippen LogP contribution is -2.44. The fourth-order valence-corrected chi connectivity index (χ4v) is 7.74. The van der Waals surface area contributed by atoms with Crippen molar-refractivity contribution in [2.45, 2.75) is 42.9 Å². The van der Waals surface area contributed by atoms with Gasteiger partial charge in [-0.2, -0.15) is 4.31 Å². The highest BCUT2D eigenvalue weighted by Crippen LogP contribution is 2.45. The van der Waals surface area contributed by atoms with Gasteiger partial charge in [-0.05, 0) is 60.7 Å².